The van der Waals surface area contributed by atoms with Crippen LogP contribution in [0.1, 0.15) is 35.2 Å². The molecule has 1 aromatic carbocycles. The van der Waals surface area contributed by atoms with Crippen LogP contribution in [-0.2, 0) is 0 Å². The first-order valence-electron chi connectivity index (χ1n) is 6.05. The number of rotatable bonds is 4. The minimum absolute atomic E-state index is 0.326. The molecule has 0 spiro atoms. The Morgan fingerprint density at radius 3 is 2.41 bits per heavy atom. The lowest BCUT2D eigenvalue weighted by molar-refractivity contribution is 0.627. The topological polar surface area (TPSA) is 12.0 Å². The predicted octanol–water partition coefficient (Wildman–Crippen LogP) is 4.06. The van der Waals surface area contributed by atoms with Crippen molar-refractivity contribution in [3.05, 3.63) is 57.3 Å². The van der Waals surface area contributed by atoms with Crippen molar-refractivity contribution in [2.45, 2.75) is 26.8 Å². The van der Waals surface area contributed by atoms with Crippen LogP contribution in [0.5, 0.6) is 0 Å². The molecule has 0 radical (unpaired) electrons. The van der Waals surface area contributed by atoms with Crippen molar-refractivity contribution >= 4 is 11.3 Å². The number of hydrogen-bond acceptors (Lipinski definition) is 2. The molecule has 0 fully saturated rings. The second kappa shape index (κ2) is 5.48. The minimum Gasteiger partial charge on any atom is -0.306 e. The maximum atomic E-state index is 3.59. The first kappa shape index (κ1) is 12.3. The van der Waals surface area contributed by atoms with Crippen molar-refractivity contribution in [3.63, 3.8) is 0 Å². The molecule has 1 heterocycles. The van der Waals surface area contributed by atoms with Crippen LogP contribution in [0.25, 0.3) is 0 Å². The van der Waals surface area contributed by atoms with Crippen molar-refractivity contribution in [1.82, 2.24) is 5.32 Å². The van der Waals surface area contributed by atoms with Gasteiger partial charge in [-0.1, -0.05) is 31.2 Å². The van der Waals surface area contributed by atoms with Gasteiger partial charge in [-0.25, -0.2) is 0 Å². The van der Waals surface area contributed by atoms with Crippen molar-refractivity contribution in [1.29, 1.82) is 0 Å². The predicted molar refractivity (Wildman–Crippen MR) is 75.8 cm³/mol. The van der Waals surface area contributed by atoms with Crippen molar-refractivity contribution in [2.24, 2.45) is 0 Å². The summed E-state index contributed by atoms with van der Waals surface area (Å²) in [5.74, 6) is 0. The zero-order chi connectivity index (χ0) is 12.3. The van der Waals surface area contributed by atoms with Gasteiger partial charge in [-0.2, -0.15) is 11.3 Å². The van der Waals surface area contributed by atoms with Crippen molar-refractivity contribution in [2.75, 3.05) is 6.54 Å². The number of benzene rings is 1. The molecule has 1 N–H and O–H groups in total. The van der Waals surface area contributed by atoms with Gasteiger partial charge >= 0.3 is 0 Å². The van der Waals surface area contributed by atoms with Crippen LogP contribution in [0.3, 0.4) is 0 Å². The molecular weight excluding hydrogens is 226 g/mol. The van der Waals surface area contributed by atoms with E-state index in [4.69, 9.17) is 0 Å². The SMILES string of the molecule is CCNC(c1ccccc1C)c1cscc1C. The third-order valence-electron chi connectivity index (χ3n) is 3.11. The minimum atomic E-state index is 0.326. The van der Waals surface area contributed by atoms with E-state index in [1.54, 1.807) is 11.3 Å². The van der Waals surface area contributed by atoms with Crippen molar-refractivity contribution in [3.8, 4) is 0 Å². The van der Waals surface area contributed by atoms with Crippen LogP contribution in [0.4, 0.5) is 0 Å². The number of hydrogen-bond donors (Lipinski definition) is 1. The second-order valence-corrected chi connectivity index (χ2v) is 5.10. The van der Waals surface area contributed by atoms with Gasteiger partial charge in [-0.05, 0) is 53.4 Å². The Morgan fingerprint density at radius 1 is 1.06 bits per heavy atom. The van der Waals surface area contributed by atoms with Crippen LogP contribution in [-0.4, -0.2) is 6.54 Å². The third kappa shape index (κ3) is 2.59. The zero-order valence-electron chi connectivity index (χ0n) is 10.7. The van der Waals surface area contributed by atoms with E-state index in [1.807, 2.05) is 0 Å². The highest BCUT2D eigenvalue weighted by molar-refractivity contribution is 7.08. The van der Waals surface area contributed by atoms with Crippen LogP contribution in [0, 0.1) is 13.8 Å². The lowest BCUT2D eigenvalue weighted by Crippen LogP contribution is -2.22. The van der Waals surface area contributed by atoms with Gasteiger partial charge in [0.1, 0.15) is 0 Å². The lowest BCUT2D eigenvalue weighted by atomic mass is 9.95. The number of thiophene rings is 1. The Bertz CT molecular complexity index is 487. The summed E-state index contributed by atoms with van der Waals surface area (Å²) in [5.41, 5.74) is 5.52. The summed E-state index contributed by atoms with van der Waals surface area (Å²) in [5, 5.41) is 8.07. The third-order valence-corrected chi connectivity index (χ3v) is 3.99. The summed E-state index contributed by atoms with van der Waals surface area (Å²) in [7, 11) is 0. The molecule has 0 saturated heterocycles. The van der Waals surface area contributed by atoms with Crippen LogP contribution in [0.2, 0.25) is 0 Å². The van der Waals surface area contributed by atoms with Gasteiger partial charge in [0, 0.05) is 0 Å². The van der Waals surface area contributed by atoms with E-state index in [0.29, 0.717) is 6.04 Å². The largest absolute Gasteiger partial charge is 0.306 e. The van der Waals surface area contributed by atoms with Gasteiger partial charge in [0.15, 0.2) is 0 Å². The molecule has 2 aromatic rings. The molecule has 90 valence electrons. The molecule has 0 bridgehead atoms. The molecule has 1 unspecified atom stereocenters. The lowest BCUT2D eigenvalue weighted by Gasteiger charge is -2.20. The van der Waals surface area contributed by atoms with Gasteiger partial charge in [-0.15, -0.1) is 0 Å². The smallest absolute Gasteiger partial charge is 0.0590 e. The van der Waals surface area contributed by atoms with E-state index < -0.39 is 0 Å². The summed E-state index contributed by atoms with van der Waals surface area (Å²) in [6.45, 7) is 7.51. The van der Waals surface area contributed by atoms with Crippen LogP contribution >= 0.6 is 11.3 Å². The fraction of sp³-hybridized carbons (Fsp3) is 0.333. The fourth-order valence-electron chi connectivity index (χ4n) is 2.17. The average Bonchev–Trinajstić information content (AvgIpc) is 2.74. The molecule has 17 heavy (non-hydrogen) atoms. The normalized spacial score (nSPS) is 12.6. The maximum Gasteiger partial charge on any atom is 0.0590 e. The number of aryl methyl sites for hydroxylation is 2. The standard InChI is InChI=1S/C15H19NS/c1-4-16-15(14-10-17-9-12(14)3)13-8-6-5-7-11(13)2/h5-10,15-16H,4H2,1-3H3. The quantitative estimate of drug-likeness (QED) is 0.856. The summed E-state index contributed by atoms with van der Waals surface area (Å²) >= 11 is 1.78. The van der Waals surface area contributed by atoms with E-state index in [1.165, 1.54) is 22.3 Å². The molecular formula is C15H19NS. The van der Waals surface area contributed by atoms with E-state index in [9.17, 15) is 0 Å². The van der Waals surface area contributed by atoms with E-state index >= 15 is 0 Å². The van der Waals surface area contributed by atoms with Gasteiger partial charge in [0.2, 0.25) is 0 Å². The first-order chi connectivity index (χ1) is 8.24. The van der Waals surface area contributed by atoms with Crippen LogP contribution < -0.4 is 5.32 Å². The molecule has 2 heteroatoms. The second-order valence-electron chi connectivity index (χ2n) is 4.36. The number of nitrogens with one attached hydrogen (secondary N) is 1. The highest BCUT2D eigenvalue weighted by atomic mass is 32.1. The molecule has 0 aliphatic heterocycles. The average molecular weight is 245 g/mol. The van der Waals surface area contributed by atoms with Gasteiger partial charge in [0.05, 0.1) is 6.04 Å². The van der Waals surface area contributed by atoms with Gasteiger partial charge in [-0.3, -0.25) is 0 Å². The van der Waals surface area contributed by atoms with Gasteiger partial charge < -0.3 is 5.32 Å². The first-order valence-corrected chi connectivity index (χ1v) is 7.00. The Labute approximate surface area is 108 Å². The van der Waals surface area contributed by atoms with E-state index in [-0.39, 0.29) is 0 Å². The van der Waals surface area contributed by atoms with Crippen LogP contribution in [0.15, 0.2) is 35.0 Å². The van der Waals surface area contributed by atoms with Crippen molar-refractivity contribution < 1.29 is 0 Å². The highest BCUT2D eigenvalue weighted by Gasteiger charge is 2.16. The summed E-state index contributed by atoms with van der Waals surface area (Å²) in [6, 6.07) is 8.95. The Hall–Kier alpha value is -1.12. The molecule has 0 saturated carbocycles. The molecule has 0 amide bonds. The highest BCUT2D eigenvalue weighted by Crippen LogP contribution is 2.29. The molecule has 2 rings (SSSR count). The molecule has 1 atom stereocenters. The summed E-state index contributed by atoms with van der Waals surface area (Å²) < 4.78 is 0. The Balaban J connectivity index is 2.43. The van der Waals surface area contributed by atoms with Gasteiger partial charge in [0.25, 0.3) is 0 Å². The Morgan fingerprint density at radius 2 is 1.82 bits per heavy atom. The molecule has 1 nitrogen and oxygen atoms in total. The maximum absolute atomic E-state index is 3.59. The monoisotopic (exact) mass is 245 g/mol. The summed E-state index contributed by atoms with van der Waals surface area (Å²) in [6.07, 6.45) is 0. The van der Waals surface area contributed by atoms with E-state index in [0.717, 1.165) is 6.54 Å². The molecule has 0 aliphatic rings. The summed E-state index contributed by atoms with van der Waals surface area (Å²) in [4.78, 5) is 0. The Kier molecular flexibility index (Phi) is 3.97. The zero-order valence-corrected chi connectivity index (χ0v) is 11.5. The molecule has 0 aliphatic carbocycles. The van der Waals surface area contributed by atoms with E-state index in [2.05, 4.69) is 61.1 Å². The fourth-order valence-corrected chi connectivity index (χ4v) is 3.05. The molecule has 1 aromatic heterocycles.